The zero-order chi connectivity index (χ0) is 31.0. The summed E-state index contributed by atoms with van der Waals surface area (Å²) in [4.78, 5) is 0. The van der Waals surface area contributed by atoms with Gasteiger partial charge in [-0.05, 0) is 114 Å². The lowest BCUT2D eigenvalue weighted by atomic mass is 9.67. The van der Waals surface area contributed by atoms with Gasteiger partial charge < -0.3 is 9.47 Å². The molecule has 2 atom stereocenters. The molecule has 2 nitrogen and oxygen atoms in total. The second kappa shape index (κ2) is 10.8. The molecule has 2 unspecified atom stereocenters. The Balaban J connectivity index is 1.19. The summed E-state index contributed by atoms with van der Waals surface area (Å²) in [7, 11) is 0. The predicted molar refractivity (Wildman–Crippen MR) is 200 cm³/mol. The standard InChI is InChI=1S/C43H32O2S2/c1-2-6-28-22-42-40(21-27(28)5-1)39-7-3-4-8-41(39)43(42,33-13-9-31-19-35(15-11-29(31)17-33)44-23-37-25-46-37)34-14-10-32-20-36(16-12-30(32)18-34)45-24-38-26-47-38/h1-22,37-38H,23-26H2. The lowest BCUT2D eigenvalue weighted by Gasteiger charge is -2.34. The van der Waals surface area contributed by atoms with Gasteiger partial charge in [-0.15, -0.1) is 0 Å². The minimum atomic E-state index is -0.491. The number of ether oxygens (including phenoxy) is 2. The van der Waals surface area contributed by atoms with E-state index in [9.17, 15) is 0 Å². The Kier molecular flexibility index (Phi) is 6.39. The van der Waals surface area contributed by atoms with Crippen LogP contribution in [0.3, 0.4) is 0 Å². The highest BCUT2D eigenvalue weighted by Gasteiger charge is 2.46. The van der Waals surface area contributed by atoms with Crippen LogP contribution in [0, 0.1) is 0 Å². The molecule has 7 aromatic rings. The first-order valence-electron chi connectivity index (χ1n) is 16.4. The van der Waals surface area contributed by atoms with Crippen LogP contribution in [0.2, 0.25) is 0 Å². The van der Waals surface area contributed by atoms with Crippen LogP contribution in [0.4, 0.5) is 0 Å². The molecule has 1 aliphatic carbocycles. The van der Waals surface area contributed by atoms with Crippen molar-refractivity contribution in [2.24, 2.45) is 0 Å². The first-order chi connectivity index (χ1) is 23.2. The third-order valence-corrected chi connectivity index (χ3v) is 12.0. The lowest BCUT2D eigenvalue weighted by molar-refractivity contribution is 0.330. The van der Waals surface area contributed by atoms with E-state index in [1.165, 1.54) is 77.2 Å². The second-order valence-electron chi connectivity index (χ2n) is 13.0. The van der Waals surface area contributed by atoms with Gasteiger partial charge in [0, 0.05) is 22.0 Å². The van der Waals surface area contributed by atoms with Crippen molar-refractivity contribution in [1.29, 1.82) is 0 Å². The highest BCUT2D eigenvalue weighted by Crippen LogP contribution is 2.57. The van der Waals surface area contributed by atoms with Crippen LogP contribution in [0.15, 0.2) is 133 Å². The van der Waals surface area contributed by atoms with Crippen molar-refractivity contribution in [2.75, 3.05) is 24.7 Å². The zero-order valence-corrected chi connectivity index (χ0v) is 27.5. The van der Waals surface area contributed by atoms with Crippen LogP contribution >= 0.6 is 23.5 Å². The van der Waals surface area contributed by atoms with E-state index in [2.05, 4.69) is 133 Å². The van der Waals surface area contributed by atoms with Gasteiger partial charge in [0.2, 0.25) is 0 Å². The Bertz CT molecular complexity index is 2250. The van der Waals surface area contributed by atoms with Crippen molar-refractivity contribution in [3.8, 4) is 22.6 Å². The molecule has 0 saturated carbocycles. The van der Waals surface area contributed by atoms with Gasteiger partial charge in [-0.25, -0.2) is 0 Å². The highest BCUT2D eigenvalue weighted by atomic mass is 32.2. The maximum absolute atomic E-state index is 6.14. The van der Waals surface area contributed by atoms with Crippen LogP contribution in [0.5, 0.6) is 11.5 Å². The van der Waals surface area contributed by atoms with Gasteiger partial charge >= 0.3 is 0 Å². The van der Waals surface area contributed by atoms with Crippen LogP contribution in [0.25, 0.3) is 43.4 Å². The smallest absolute Gasteiger partial charge is 0.119 e. The molecule has 2 fully saturated rings. The van der Waals surface area contributed by atoms with Gasteiger partial charge in [-0.1, -0.05) is 84.9 Å². The van der Waals surface area contributed by atoms with Crippen molar-refractivity contribution in [1.82, 2.24) is 0 Å². The summed E-state index contributed by atoms with van der Waals surface area (Å²) in [5, 5.41) is 8.66. The molecule has 2 heterocycles. The summed E-state index contributed by atoms with van der Waals surface area (Å²) in [6.45, 7) is 1.57. The largest absolute Gasteiger partial charge is 0.492 e. The highest BCUT2D eigenvalue weighted by molar-refractivity contribution is 8.07. The van der Waals surface area contributed by atoms with Gasteiger partial charge in [0.05, 0.1) is 5.41 Å². The molecular formula is C43H32O2S2. The van der Waals surface area contributed by atoms with Crippen LogP contribution in [0.1, 0.15) is 22.3 Å². The fraction of sp³-hybridized carbons (Fsp3) is 0.163. The monoisotopic (exact) mass is 644 g/mol. The fourth-order valence-corrected chi connectivity index (χ4v) is 8.35. The molecule has 2 aliphatic heterocycles. The molecule has 0 amide bonds. The van der Waals surface area contributed by atoms with E-state index in [0.717, 1.165) is 24.7 Å². The first kappa shape index (κ1) is 27.7. The molecule has 4 heteroatoms. The van der Waals surface area contributed by atoms with Crippen LogP contribution in [-0.4, -0.2) is 35.2 Å². The number of fused-ring (bicyclic) bond motifs is 6. The Morgan fingerprint density at radius 2 is 0.957 bits per heavy atom. The average molecular weight is 645 g/mol. The van der Waals surface area contributed by atoms with Gasteiger partial charge in [0.15, 0.2) is 0 Å². The summed E-state index contributed by atoms with van der Waals surface area (Å²) >= 11 is 3.94. The van der Waals surface area contributed by atoms with Crippen molar-refractivity contribution < 1.29 is 9.47 Å². The van der Waals surface area contributed by atoms with Gasteiger partial charge in [-0.2, -0.15) is 23.5 Å². The Labute approximate surface area is 283 Å². The summed E-state index contributed by atoms with van der Waals surface area (Å²) in [6.07, 6.45) is 0. The van der Waals surface area contributed by atoms with E-state index >= 15 is 0 Å². The van der Waals surface area contributed by atoms with Crippen molar-refractivity contribution in [3.05, 3.63) is 156 Å². The van der Waals surface area contributed by atoms with E-state index in [1.54, 1.807) is 0 Å². The Morgan fingerprint density at radius 1 is 0.468 bits per heavy atom. The summed E-state index contributed by atoms with van der Waals surface area (Å²) in [5.74, 6) is 4.31. The fourth-order valence-electron chi connectivity index (χ4n) is 7.55. The molecule has 47 heavy (non-hydrogen) atoms. The third-order valence-electron chi connectivity index (χ3n) is 10.1. The molecule has 0 N–H and O–H groups in total. The minimum absolute atomic E-state index is 0.491. The molecule has 7 aromatic carbocycles. The first-order valence-corrected chi connectivity index (χ1v) is 18.5. The Morgan fingerprint density at radius 3 is 1.55 bits per heavy atom. The molecule has 3 aliphatic rings. The number of hydrogen-bond acceptors (Lipinski definition) is 4. The molecular weight excluding hydrogens is 613 g/mol. The minimum Gasteiger partial charge on any atom is -0.492 e. The maximum Gasteiger partial charge on any atom is 0.119 e. The molecule has 0 aromatic heterocycles. The molecule has 2 saturated heterocycles. The maximum atomic E-state index is 6.14. The van der Waals surface area contributed by atoms with Crippen molar-refractivity contribution >= 4 is 55.8 Å². The lowest BCUT2D eigenvalue weighted by Crippen LogP contribution is -2.28. The van der Waals surface area contributed by atoms with Crippen molar-refractivity contribution in [2.45, 2.75) is 15.9 Å². The van der Waals surface area contributed by atoms with E-state index < -0.39 is 5.41 Å². The van der Waals surface area contributed by atoms with E-state index in [-0.39, 0.29) is 0 Å². The van der Waals surface area contributed by atoms with E-state index in [4.69, 9.17) is 9.47 Å². The molecule has 0 bridgehead atoms. The average Bonchev–Trinajstić information content (AvgIpc) is 4.07. The quantitative estimate of drug-likeness (QED) is 0.153. The zero-order valence-electron chi connectivity index (χ0n) is 25.8. The predicted octanol–water partition coefficient (Wildman–Crippen LogP) is 10.5. The summed E-state index contributed by atoms with van der Waals surface area (Å²) < 4.78 is 12.3. The second-order valence-corrected chi connectivity index (χ2v) is 15.7. The number of thioether (sulfide) groups is 2. The van der Waals surface area contributed by atoms with E-state index in [1.807, 2.05) is 23.5 Å². The number of hydrogen-bond donors (Lipinski definition) is 0. The molecule has 10 rings (SSSR count). The summed E-state index contributed by atoms with van der Waals surface area (Å²) in [5.41, 5.74) is 7.33. The topological polar surface area (TPSA) is 18.5 Å². The van der Waals surface area contributed by atoms with Gasteiger partial charge in [0.25, 0.3) is 0 Å². The number of benzene rings is 7. The Hall–Kier alpha value is -4.38. The molecule has 0 spiro atoms. The third kappa shape index (κ3) is 4.72. The van der Waals surface area contributed by atoms with Crippen LogP contribution < -0.4 is 9.47 Å². The SMILES string of the molecule is c1ccc2c(c1)-c1cc3ccccc3cc1C2(c1ccc2cc(OCC3CS3)ccc2c1)c1ccc2cc(OCC3CS3)ccc2c1. The van der Waals surface area contributed by atoms with Crippen LogP contribution in [-0.2, 0) is 5.41 Å². The van der Waals surface area contributed by atoms with E-state index in [0.29, 0.717) is 10.5 Å². The normalized spacial score (nSPS) is 20.7. The molecule has 228 valence electrons. The van der Waals surface area contributed by atoms with Gasteiger partial charge in [-0.3, -0.25) is 0 Å². The molecule has 0 radical (unpaired) electrons. The van der Waals surface area contributed by atoms with Gasteiger partial charge in [0.1, 0.15) is 24.7 Å². The summed E-state index contributed by atoms with van der Waals surface area (Å²) in [6, 6.07) is 49.8. The number of rotatable bonds is 8. The van der Waals surface area contributed by atoms with Crippen molar-refractivity contribution in [3.63, 3.8) is 0 Å².